The minimum Gasteiger partial charge on any atom is -0.481 e. The molecule has 0 saturated heterocycles. The second-order valence-corrected chi connectivity index (χ2v) is 1.30. The first-order valence-corrected chi connectivity index (χ1v) is 2.92. The molecule has 10 heavy (non-hydrogen) atoms. The summed E-state index contributed by atoms with van der Waals surface area (Å²) in [6.45, 7) is 6.75. The predicted molar refractivity (Wildman–Crippen MR) is 40.5 cm³/mol. The van der Waals surface area contributed by atoms with Gasteiger partial charge in [-0.05, 0) is 13.8 Å². The van der Waals surface area contributed by atoms with Gasteiger partial charge in [0.2, 0.25) is 0 Å². The van der Waals surface area contributed by atoms with Gasteiger partial charge in [0.15, 0.2) is 0 Å². The first-order valence-electron chi connectivity index (χ1n) is 2.92. The minimum atomic E-state index is -0.833. The molecule has 4 nitrogen and oxygen atoms in total. The smallest absolute Gasteiger partial charge is 0.300 e. The van der Waals surface area contributed by atoms with Gasteiger partial charge in [-0.25, -0.2) is 0 Å². The van der Waals surface area contributed by atoms with Gasteiger partial charge in [0, 0.05) is 20.1 Å². The fourth-order valence-corrected chi connectivity index (χ4v) is 0.204. The maximum atomic E-state index is 9.00. The zero-order valence-corrected chi connectivity index (χ0v) is 6.89. The van der Waals surface area contributed by atoms with E-state index >= 15 is 0 Å². The molecule has 0 spiro atoms. The molecule has 0 aromatic carbocycles. The van der Waals surface area contributed by atoms with Gasteiger partial charge in [0.25, 0.3) is 5.97 Å². The molecule has 0 unspecified atom stereocenters. The van der Waals surface area contributed by atoms with Gasteiger partial charge in [-0.3, -0.25) is 4.79 Å². The van der Waals surface area contributed by atoms with E-state index in [4.69, 9.17) is 14.6 Å². The lowest BCUT2D eigenvalue weighted by atomic mass is 10.8. The molecule has 0 heterocycles. The molecule has 0 saturated carbocycles. The fraction of sp³-hybridized carbons (Fsp3) is 0.833. The Hall–Kier alpha value is -0.610. The van der Waals surface area contributed by atoms with Crippen LogP contribution in [0.4, 0.5) is 0 Å². The number of carboxylic acids is 1. The number of rotatable bonds is 2. The van der Waals surface area contributed by atoms with Gasteiger partial charge in [-0.1, -0.05) is 0 Å². The van der Waals surface area contributed by atoms with Gasteiger partial charge in [-0.15, -0.1) is 0 Å². The van der Waals surface area contributed by atoms with E-state index in [0.717, 1.165) is 20.1 Å². The van der Waals surface area contributed by atoms with E-state index in [1.807, 2.05) is 13.8 Å². The highest BCUT2D eigenvalue weighted by Crippen LogP contribution is 1.64. The third-order valence-corrected chi connectivity index (χ3v) is 0.408. The lowest BCUT2D eigenvalue weighted by Gasteiger charge is -1.86. The topological polar surface area (TPSA) is 81.5 Å². The molecular weight excluding hydrogens is 134 g/mol. The monoisotopic (exact) mass is 151 g/mol. The molecule has 0 bridgehead atoms. The van der Waals surface area contributed by atoms with Crippen LogP contribution < -0.4 is 6.15 Å². The van der Waals surface area contributed by atoms with Crippen LogP contribution >= 0.6 is 0 Å². The summed E-state index contributed by atoms with van der Waals surface area (Å²) in [6.07, 6.45) is 0. The van der Waals surface area contributed by atoms with E-state index in [1.54, 1.807) is 0 Å². The van der Waals surface area contributed by atoms with Crippen molar-refractivity contribution < 1.29 is 14.6 Å². The molecule has 0 rings (SSSR count). The Morgan fingerprint density at radius 1 is 1.40 bits per heavy atom. The summed E-state index contributed by atoms with van der Waals surface area (Å²) in [4.78, 5) is 9.00. The van der Waals surface area contributed by atoms with Crippen LogP contribution in [0.25, 0.3) is 0 Å². The Morgan fingerprint density at radius 3 is 1.60 bits per heavy atom. The maximum absolute atomic E-state index is 9.00. The van der Waals surface area contributed by atoms with E-state index < -0.39 is 5.97 Å². The van der Waals surface area contributed by atoms with E-state index in [-0.39, 0.29) is 6.15 Å². The summed E-state index contributed by atoms with van der Waals surface area (Å²) in [6, 6.07) is 0. The van der Waals surface area contributed by atoms with Gasteiger partial charge in [0.1, 0.15) is 0 Å². The van der Waals surface area contributed by atoms with Crippen molar-refractivity contribution in [3.63, 3.8) is 0 Å². The summed E-state index contributed by atoms with van der Waals surface area (Å²) in [7, 11) is 0. The molecule has 4 heteroatoms. The normalized spacial score (nSPS) is 6.70. The fourth-order valence-electron chi connectivity index (χ4n) is 0.204. The van der Waals surface area contributed by atoms with Crippen molar-refractivity contribution in [2.24, 2.45) is 0 Å². The quantitative estimate of drug-likeness (QED) is 0.623. The Kier molecular flexibility index (Phi) is 25.5. The highest BCUT2D eigenvalue weighted by atomic mass is 16.5. The summed E-state index contributed by atoms with van der Waals surface area (Å²) in [5.41, 5.74) is 0. The molecule has 0 radical (unpaired) electrons. The van der Waals surface area contributed by atoms with Crippen molar-refractivity contribution >= 4 is 5.97 Å². The van der Waals surface area contributed by atoms with Crippen LogP contribution in [0, 0.1) is 0 Å². The lowest BCUT2D eigenvalue weighted by Crippen LogP contribution is -1.84. The van der Waals surface area contributed by atoms with Crippen LogP contribution in [0.3, 0.4) is 0 Å². The van der Waals surface area contributed by atoms with Gasteiger partial charge >= 0.3 is 0 Å². The standard InChI is InChI=1S/C4H10O.C2H4O2.H3N/c1-3-5-4-2;1-2(3)4;/h3-4H2,1-2H3;1H3,(H,3,4);1H3. The number of carbonyl (C=O) groups is 1. The molecule has 0 aromatic heterocycles. The van der Waals surface area contributed by atoms with E-state index in [0.29, 0.717) is 0 Å². The van der Waals surface area contributed by atoms with Gasteiger partial charge in [-0.2, -0.15) is 0 Å². The molecule has 0 fully saturated rings. The summed E-state index contributed by atoms with van der Waals surface area (Å²) < 4.78 is 4.83. The summed E-state index contributed by atoms with van der Waals surface area (Å²) in [5.74, 6) is -0.833. The SMILES string of the molecule is CC(=O)O.CCOCC.N. The van der Waals surface area contributed by atoms with Gasteiger partial charge in [0.05, 0.1) is 0 Å². The zero-order valence-electron chi connectivity index (χ0n) is 6.89. The first kappa shape index (κ1) is 16.2. The van der Waals surface area contributed by atoms with Crippen molar-refractivity contribution in [3.8, 4) is 0 Å². The molecule has 0 amide bonds. The Bertz CT molecular complexity index is 60.0. The Balaban J connectivity index is -0.0000000910. The highest BCUT2D eigenvalue weighted by Gasteiger charge is 1.65. The average molecular weight is 151 g/mol. The third kappa shape index (κ3) is 156. The summed E-state index contributed by atoms with van der Waals surface area (Å²) in [5, 5.41) is 7.42. The Labute approximate surface area is 61.8 Å². The molecular formula is C6H17NO3. The number of hydrogen-bond donors (Lipinski definition) is 2. The van der Waals surface area contributed by atoms with E-state index in [2.05, 4.69) is 0 Å². The molecule has 0 aliphatic heterocycles. The van der Waals surface area contributed by atoms with Crippen molar-refractivity contribution in [1.82, 2.24) is 6.15 Å². The summed E-state index contributed by atoms with van der Waals surface area (Å²) >= 11 is 0. The van der Waals surface area contributed by atoms with Crippen molar-refractivity contribution in [2.75, 3.05) is 13.2 Å². The number of carboxylic acid groups (broad SMARTS) is 1. The number of aliphatic carboxylic acids is 1. The minimum absolute atomic E-state index is 0. The second kappa shape index (κ2) is 15.8. The Morgan fingerprint density at radius 2 is 1.60 bits per heavy atom. The molecule has 64 valence electrons. The van der Waals surface area contributed by atoms with E-state index in [1.165, 1.54) is 0 Å². The first-order chi connectivity index (χ1) is 4.15. The molecule has 0 aromatic rings. The lowest BCUT2D eigenvalue weighted by molar-refractivity contribution is -0.134. The third-order valence-electron chi connectivity index (χ3n) is 0.408. The van der Waals surface area contributed by atoms with Crippen molar-refractivity contribution in [2.45, 2.75) is 20.8 Å². The zero-order chi connectivity index (χ0) is 7.70. The molecule has 0 aliphatic rings. The largest absolute Gasteiger partial charge is 0.481 e. The maximum Gasteiger partial charge on any atom is 0.300 e. The van der Waals surface area contributed by atoms with E-state index in [9.17, 15) is 0 Å². The number of ether oxygens (including phenoxy) is 1. The second-order valence-electron chi connectivity index (χ2n) is 1.30. The van der Waals surface area contributed by atoms with Crippen LogP contribution in [-0.4, -0.2) is 24.3 Å². The van der Waals surface area contributed by atoms with Crippen LogP contribution in [0.2, 0.25) is 0 Å². The van der Waals surface area contributed by atoms with Crippen LogP contribution in [0.1, 0.15) is 20.8 Å². The molecule has 0 aliphatic carbocycles. The molecule has 0 atom stereocenters. The van der Waals surface area contributed by atoms with Crippen LogP contribution in [0.5, 0.6) is 0 Å². The van der Waals surface area contributed by atoms with Crippen molar-refractivity contribution in [1.29, 1.82) is 0 Å². The highest BCUT2D eigenvalue weighted by molar-refractivity contribution is 5.62. The predicted octanol–water partition coefficient (Wildman–Crippen LogP) is 1.30. The average Bonchev–Trinajstić information content (AvgIpc) is 1.66. The van der Waals surface area contributed by atoms with Crippen LogP contribution in [0.15, 0.2) is 0 Å². The van der Waals surface area contributed by atoms with Gasteiger partial charge < -0.3 is 16.0 Å². The number of hydrogen-bond acceptors (Lipinski definition) is 3. The molecule has 4 N–H and O–H groups in total. The van der Waals surface area contributed by atoms with Crippen molar-refractivity contribution in [3.05, 3.63) is 0 Å². The van der Waals surface area contributed by atoms with Crippen LogP contribution in [-0.2, 0) is 9.53 Å².